The number of hydrogen-bond acceptors (Lipinski definition) is 5. The van der Waals surface area contributed by atoms with Gasteiger partial charge in [-0.15, -0.1) is 0 Å². The van der Waals surface area contributed by atoms with Crippen molar-refractivity contribution < 1.29 is 22.7 Å². The summed E-state index contributed by atoms with van der Waals surface area (Å²) in [7, 11) is -3.80. The summed E-state index contributed by atoms with van der Waals surface area (Å²) in [6, 6.07) is 15.3. The van der Waals surface area contributed by atoms with Crippen molar-refractivity contribution in [2.75, 3.05) is 13.1 Å². The predicted octanol–water partition coefficient (Wildman–Crippen LogP) is 1.63. The molecule has 2 saturated heterocycles. The number of imide groups is 1. The second kappa shape index (κ2) is 7.49. The average molecular weight is 415 g/mol. The number of benzene rings is 2. The van der Waals surface area contributed by atoms with Gasteiger partial charge in [-0.3, -0.25) is 10.1 Å². The molecule has 152 valence electrons. The Balaban J connectivity index is 1.47. The van der Waals surface area contributed by atoms with Crippen molar-refractivity contribution in [2.45, 2.75) is 29.9 Å². The van der Waals surface area contributed by atoms with Crippen molar-refractivity contribution in [2.24, 2.45) is 0 Å². The largest absolute Gasteiger partial charge is 0.489 e. The lowest BCUT2D eigenvalue weighted by molar-refractivity contribution is -0.125. The highest BCUT2D eigenvalue weighted by Crippen LogP contribution is 2.29. The smallest absolute Gasteiger partial charge is 0.322 e. The Labute approximate surface area is 168 Å². The summed E-state index contributed by atoms with van der Waals surface area (Å²) in [5, 5.41) is 4.79. The number of urea groups is 1. The van der Waals surface area contributed by atoms with E-state index in [1.807, 2.05) is 30.3 Å². The predicted molar refractivity (Wildman–Crippen MR) is 105 cm³/mol. The highest BCUT2D eigenvalue weighted by molar-refractivity contribution is 7.89. The fourth-order valence-corrected chi connectivity index (χ4v) is 5.17. The first-order valence-corrected chi connectivity index (χ1v) is 10.7. The molecule has 0 aromatic heterocycles. The number of ether oxygens (including phenoxy) is 1. The van der Waals surface area contributed by atoms with Crippen LogP contribution in [0, 0.1) is 0 Å². The Kier molecular flexibility index (Phi) is 5.01. The summed E-state index contributed by atoms with van der Waals surface area (Å²) in [6.45, 7) is 0.592. The second-order valence-electron chi connectivity index (χ2n) is 7.18. The van der Waals surface area contributed by atoms with E-state index in [0.717, 1.165) is 5.56 Å². The van der Waals surface area contributed by atoms with Gasteiger partial charge in [0.25, 0.3) is 5.91 Å². The van der Waals surface area contributed by atoms with Gasteiger partial charge in [0, 0.05) is 13.1 Å². The molecule has 2 aromatic carbocycles. The Bertz CT molecular complexity index is 1020. The highest BCUT2D eigenvalue weighted by atomic mass is 32.2. The number of carbonyl (C=O) groups is 2. The Morgan fingerprint density at radius 3 is 2.41 bits per heavy atom. The van der Waals surface area contributed by atoms with E-state index in [1.165, 1.54) is 16.4 Å². The first-order chi connectivity index (χ1) is 13.9. The topological polar surface area (TPSA) is 105 Å². The average Bonchev–Trinajstić information content (AvgIpc) is 2.99. The van der Waals surface area contributed by atoms with Gasteiger partial charge < -0.3 is 10.1 Å². The maximum Gasteiger partial charge on any atom is 0.322 e. The van der Waals surface area contributed by atoms with Crippen molar-refractivity contribution in [3.05, 3.63) is 60.2 Å². The fourth-order valence-electron chi connectivity index (χ4n) is 3.63. The zero-order chi connectivity index (χ0) is 20.5. The second-order valence-corrected chi connectivity index (χ2v) is 9.12. The van der Waals surface area contributed by atoms with Crippen molar-refractivity contribution in [1.29, 1.82) is 0 Å². The molecule has 1 atom stereocenters. The van der Waals surface area contributed by atoms with Gasteiger partial charge in [-0.25, -0.2) is 13.2 Å². The van der Waals surface area contributed by atoms with Crippen LogP contribution in [0.1, 0.15) is 18.4 Å². The number of hydrogen-bond donors (Lipinski definition) is 2. The third-order valence-electron chi connectivity index (χ3n) is 5.18. The highest BCUT2D eigenvalue weighted by Gasteiger charge is 2.50. The number of rotatable bonds is 5. The number of sulfonamides is 1. The zero-order valence-corrected chi connectivity index (χ0v) is 16.4. The number of amides is 3. The molecule has 0 radical (unpaired) electrons. The molecule has 2 aromatic rings. The monoisotopic (exact) mass is 415 g/mol. The van der Waals surface area contributed by atoms with E-state index in [2.05, 4.69) is 10.6 Å². The van der Waals surface area contributed by atoms with Gasteiger partial charge in [0.1, 0.15) is 17.9 Å². The quantitative estimate of drug-likeness (QED) is 0.723. The molecule has 0 saturated carbocycles. The summed E-state index contributed by atoms with van der Waals surface area (Å²) >= 11 is 0. The molecule has 1 unspecified atom stereocenters. The van der Waals surface area contributed by atoms with Gasteiger partial charge in [-0.05, 0) is 42.7 Å². The van der Waals surface area contributed by atoms with Crippen LogP contribution in [0.5, 0.6) is 5.75 Å². The van der Waals surface area contributed by atoms with Crippen LogP contribution in [0.25, 0.3) is 0 Å². The Hall–Kier alpha value is -2.91. The van der Waals surface area contributed by atoms with Crippen LogP contribution in [-0.2, 0) is 21.4 Å². The first kappa shape index (κ1) is 19.4. The molecule has 2 fully saturated rings. The molecule has 0 bridgehead atoms. The van der Waals surface area contributed by atoms with Crippen molar-refractivity contribution in [3.63, 3.8) is 0 Å². The molecule has 9 heteroatoms. The van der Waals surface area contributed by atoms with Crippen molar-refractivity contribution in [1.82, 2.24) is 14.9 Å². The summed E-state index contributed by atoms with van der Waals surface area (Å²) in [6.07, 6.45) is 0.883. The molecule has 0 aliphatic carbocycles. The van der Waals surface area contributed by atoms with Crippen LogP contribution in [-0.4, -0.2) is 43.3 Å². The van der Waals surface area contributed by atoms with E-state index >= 15 is 0 Å². The number of piperidine rings is 1. The molecule has 2 heterocycles. The van der Waals surface area contributed by atoms with Gasteiger partial charge in [0.05, 0.1) is 4.90 Å². The fraction of sp³-hybridized carbons (Fsp3) is 0.300. The SMILES string of the molecule is O=C1NC(=O)C2(CCCN(S(=O)(=O)c3ccc(OCc4ccccc4)cc3)C2)N1. The molecule has 8 nitrogen and oxygen atoms in total. The minimum absolute atomic E-state index is 0.0842. The van der Waals surface area contributed by atoms with Crippen LogP contribution in [0.15, 0.2) is 59.5 Å². The van der Waals surface area contributed by atoms with Gasteiger partial charge >= 0.3 is 6.03 Å². The third kappa shape index (κ3) is 3.83. The maximum atomic E-state index is 13.0. The number of carbonyl (C=O) groups excluding carboxylic acids is 2. The zero-order valence-electron chi connectivity index (χ0n) is 15.6. The molecule has 2 N–H and O–H groups in total. The van der Waals surface area contributed by atoms with E-state index in [0.29, 0.717) is 31.7 Å². The van der Waals surface area contributed by atoms with Crippen LogP contribution >= 0.6 is 0 Å². The first-order valence-electron chi connectivity index (χ1n) is 9.30. The molecule has 4 rings (SSSR count). The summed E-state index contributed by atoms with van der Waals surface area (Å²) in [5.74, 6) is 0.0809. The summed E-state index contributed by atoms with van der Waals surface area (Å²) in [4.78, 5) is 23.8. The molecule has 2 aliphatic heterocycles. The molecule has 1 spiro atoms. The summed E-state index contributed by atoms with van der Waals surface area (Å²) < 4.78 is 33.0. The molecule has 3 amide bonds. The van der Waals surface area contributed by atoms with E-state index in [9.17, 15) is 18.0 Å². The normalized spacial score (nSPS) is 22.3. The lowest BCUT2D eigenvalue weighted by Gasteiger charge is -2.37. The maximum absolute atomic E-state index is 13.0. The van der Waals surface area contributed by atoms with Crippen molar-refractivity contribution in [3.8, 4) is 5.75 Å². The molecule has 29 heavy (non-hydrogen) atoms. The molecular weight excluding hydrogens is 394 g/mol. The Morgan fingerprint density at radius 2 is 1.76 bits per heavy atom. The van der Waals surface area contributed by atoms with Crippen molar-refractivity contribution >= 4 is 22.0 Å². The lowest BCUT2D eigenvalue weighted by Crippen LogP contribution is -2.59. The minimum Gasteiger partial charge on any atom is -0.489 e. The minimum atomic E-state index is -3.80. The van der Waals surface area contributed by atoms with E-state index in [4.69, 9.17) is 4.74 Å². The molecular formula is C20H21N3O5S. The van der Waals surface area contributed by atoms with E-state index < -0.39 is 27.5 Å². The molecule has 2 aliphatic rings. The van der Waals surface area contributed by atoms with Gasteiger partial charge in [0.15, 0.2) is 0 Å². The van der Waals surface area contributed by atoms with E-state index in [-0.39, 0.29) is 11.4 Å². The summed E-state index contributed by atoms with van der Waals surface area (Å²) in [5.41, 5.74) is -0.180. The van der Waals surface area contributed by atoms with Crippen LogP contribution in [0.4, 0.5) is 4.79 Å². The van der Waals surface area contributed by atoms with Crippen LogP contribution < -0.4 is 15.4 Å². The third-order valence-corrected chi connectivity index (χ3v) is 7.04. The van der Waals surface area contributed by atoms with E-state index in [1.54, 1.807) is 12.1 Å². The lowest BCUT2D eigenvalue weighted by atomic mass is 9.90. The van der Waals surface area contributed by atoms with Gasteiger partial charge in [0.2, 0.25) is 10.0 Å². The number of nitrogens with zero attached hydrogens (tertiary/aromatic N) is 1. The number of nitrogens with one attached hydrogen (secondary N) is 2. The van der Waals surface area contributed by atoms with Crippen LogP contribution in [0.3, 0.4) is 0 Å². The Morgan fingerprint density at radius 1 is 1.03 bits per heavy atom. The van der Waals surface area contributed by atoms with Gasteiger partial charge in [-0.1, -0.05) is 30.3 Å². The standard InChI is InChI=1S/C20H21N3O5S/c24-18-20(22-19(25)21-18)11-4-12-23(14-20)29(26,27)17-9-7-16(8-10-17)28-13-15-5-2-1-3-6-15/h1-3,5-10H,4,11-14H2,(H2,21,22,24,25). The van der Waals surface area contributed by atoms with Gasteiger partial charge in [-0.2, -0.15) is 4.31 Å². The van der Waals surface area contributed by atoms with Crippen LogP contribution in [0.2, 0.25) is 0 Å².